The molecule has 4 N–H and O–H groups in total. The number of halogens is 1. The van der Waals surface area contributed by atoms with Gasteiger partial charge in [-0.3, -0.25) is 9.59 Å². The Morgan fingerprint density at radius 2 is 2.19 bits per heavy atom. The third-order valence-electron chi connectivity index (χ3n) is 5.26. The second-order valence-electron chi connectivity index (χ2n) is 7.64. The normalized spacial score (nSPS) is 14.0. The summed E-state index contributed by atoms with van der Waals surface area (Å²) in [6, 6.07) is 4.98. The lowest BCUT2D eigenvalue weighted by molar-refractivity contribution is -0.140. The monoisotopic (exact) mass is 492 g/mol. The van der Waals surface area contributed by atoms with Crippen LogP contribution in [-0.2, 0) is 28.9 Å². The van der Waals surface area contributed by atoms with Gasteiger partial charge in [0, 0.05) is 48.7 Å². The maximum Gasteiger partial charge on any atom is 0.320 e. The van der Waals surface area contributed by atoms with Crippen LogP contribution in [0, 0.1) is 0 Å². The van der Waals surface area contributed by atoms with Crippen molar-refractivity contribution in [3.63, 3.8) is 0 Å². The molecule has 1 atom stereocenters. The molecular formula is C22H29BrN4O4. The van der Waals surface area contributed by atoms with E-state index in [4.69, 9.17) is 9.72 Å². The number of carbonyl (C=O) groups is 1. The van der Waals surface area contributed by atoms with Crippen LogP contribution in [0.3, 0.4) is 0 Å². The summed E-state index contributed by atoms with van der Waals surface area (Å²) in [6.07, 6.45) is 6.94. The molecule has 9 heteroatoms. The lowest BCUT2D eigenvalue weighted by atomic mass is 10.1. The molecule has 2 aromatic rings. The number of nitrogens with one attached hydrogen (secondary N) is 3. The van der Waals surface area contributed by atoms with E-state index in [0.29, 0.717) is 25.2 Å². The number of H-pyrrole nitrogens is 1. The van der Waals surface area contributed by atoms with Gasteiger partial charge in [-0.15, -0.1) is 0 Å². The van der Waals surface area contributed by atoms with Crippen LogP contribution in [0.25, 0.3) is 0 Å². The highest BCUT2D eigenvalue weighted by molar-refractivity contribution is 9.10. The van der Waals surface area contributed by atoms with Crippen molar-refractivity contribution in [2.75, 3.05) is 25.1 Å². The molecule has 0 radical (unpaired) electrons. The molecule has 3 rings (SSSR count). The average molecular weight is 493 g/mol. The van der Waals surface area contributed by atoms with Crippen LogP contribution in [0.5, 0.6) is 0 Å². The number of hydrogen-bond acceptors (Lipinski definition) is 6. The molecule has 1 aliphatic rings. The number of ether oxygens (including phenoxy) is 1. The van der Waals surface area contributed by atoms with Crippen LogP contribution in [0.4, 0.5) is 5.82 Å². The van der Waals surface area contributed by atoms with Crippen LogP contribution in [0.1, 0.15) is 42.5 Å². The Labute approximate surface area is 189 Å². The molecule has 0 bridgehead atoms. The number of aryl methyl sites for hydroxylation is 2. The molecule has 8 nitrogen and oxygen atoms in total. The van der Waals surface area contributed by atoms with Gasteiger partial charge in [0.2, 0.25) is 5.56 Å². The summed E-state index contributed by atoms with van der Waals surface area (Å²) in [7, 11) is 0. The zero-order valence-corrected chi connectivity index (χ0v) is 19.0. The number of aromatic amines is 1. The summed E-state index contributed by atoms with van der Waals surface area (Å²) < 4.78 is 6.36. The van der Waals surface area contributed by atoms with Crippen molar-refractivity contribution in [3.05, 3.63) is 56.0 Å². The van der Waals surface area contributed by atoms with E-state index < -0.39 is 12.0 Å². The van der Waals surface area contributed by atoms with Gasteiger partial charge in [0.1, 0.15) is 11.9 Å². The first kappa shape index (κ1) is 23.4. The molecule has 1 aliphatic heterocycles. The lowest BCUT2D eigenvalue weighted by Crippen LogP contribution is -2.37. The first-order valence-electron chi connectivity index (χ1n) is 10.7. The summed E-state index contributed by atoms with van der Waals surface area (Å²) in [5.74, 6) is 0.0935. The molecule has 0 saturated heterocycles. The van der Waals surface area contributed by atoms with Crippen molar-refractivity contribution in [3.8, 4) is 0 Å². The maximum absolute atomic E-state index is 11.5. The van der Waals surface area contributed by atoms with Crippen molar-refractivity contribution < 1.29 is 14.6 Å². The molecule has 0 aliphatic carbocycles. The van der Waals surface area contributed by atoms with E-state index in [1.54, 1.807) is 6.20 Å². The molecule has 31 heavy (non-hydrogen) atoms. The van der Waals surface area contributed by atoms with Gasteiger partial charge in [0.05, 0.1) is 0 Å². The largest absolute Gasteiger partial charge is 0.480 e. The number of unbranched alkanes of at least 4 members (excludes halogenated alkanes) is 1. The number of carboxylic acid groups (broad SMARTS) is 1. The summed E-state index contributed by atoms with van der Waals surface area (Å²) in [5.41, 5.74) is 2.87. The molecular weight excluding hydrogens is 464 g/mol. The smallest absolute Gasteiger partial charge is 0.320 e. The SMILES string of the molecule is O=C(O)[C@H](CCOCCCCc1ccc2c(n1)NCCC2)NCc1cc(=O)[nH]cc1Br. The zero-order chi connectivity index (χ0) is 22.1. The van der Waals surface area contributed by atoms with Crippen molar-refractivity contribution >= 4 is 27.7 Å². The molecule has 0 amide bonds. The van der Waals surface area contributed by atoms with Gasteiger partial charge in [-0.25, -0.2) is 4.98 Å². The van der Waals surface area contributed by atoms with E-state index in [0.717, 1.165) is 54.6 Å². The van der Waals surface area contributed by atoms with Crippen molar-refractivity contribution in [2.45, 2.75) is 51.1 Å². The van der Waals surface area contributed by atoms with Gasteiger partial charge >= 0.3 is 5.97 Å². The predicted octanol–water partition coefficient (Wildman–Crippen LogP) is 2.86. The van der Waals surface area contributed by atoms with Gasteiger partial charge in [0.15, 0.2) is 0 Å². The zero-order valence-electron chi connectivity index (χ0n) is 17.5. The highest BCUT2D eigenvalue weighted by Crippen LogP contribution is 2.20. The first-order chi connectivity index (χ1) is 15.0. The van der Waals surface area contributed by atoms with Crippen LogP contribution >= 0.6 is 15.9 Å². The predicted molar refractivity (Wildman–Crippen MR) is 122 cm³/mol. The van der Waals surface area contributed by atoms with Gasteiger partial charge in [0.25, 0.3) is 0 Å². The quantitative estimate of drug-likeness (QED) is 0.336. The fourth-order valence-corrected chi connectivity index (χ4v) is 3.87. The summed E-state index contributed by atoms with van der Waals surface area (Å²) >= 11 is 3.35. The Morgan fingerprint density at radius 1 is 1.32 bits per heavy atom. The molecule has 0 saturated carbocycles. The van der Waals surface area contributed by atoms with E-state index in [-0.39, 0.29) is 12.1 Å². The molecule has 168 valence electrons. The highest BCUT2D eigenvalue weighted by atomic mass is 79.9. The highest BCUT2D eigenvalue weighted by Gasteiger charge is 2.17. The lowest BCUT2D eigenvalue weighted by Gasteiger charge is -2.17. The second-order valence-corrected chi connectivity index (χ2v) is 8.50. The van der Waals surface area contributed by atoms with E-state index in [2.05, 4.69) is 43.7 Å². The first-order valence-corrected chi connectivity index (χ1v) is 11.5. The Kier molecular flexibility index (Phi) is 9.05. The average Bonchev–Trinajstić information content (AvgIpc) is 2.77. The second kappa shape index (κ2) is 12.0. The van der Waals surface area contributed by atoms with Gasteiger partial charge in [-0.2, -0.15) is 0 Å². The molecule has 0 unspecified atom stereocenters. The van der Waals surface area contributed by atoms with Crippen molar-refractivity contribution in [2.24, 2.45) is 0 Å². The van der Waals surface area contributed by atoms with Crippen LogP contribution in [0.15, 0.2) is 33.7 Å². The van der Waals surface area contributed by atoms with Gasteiger partial charge in [-0.05, 0) is 71.6 Å². The van der Waals surface area contributed by atoms with Gasteiger partial charge < -0.3 is 25.5 Å². The molecule has 0 spiro atoms. The van der Waals surface area contributed by atoms with E-state index in [1.165, 1.54) is 11.6 Å². The standard InChI is InChI=1S/C22H29BrN4O4/c23-18-14-26-20(28)12-16(18)13-25-19(22(29)30)8-11-31-10-2-1-5-17-7-6-15-4-3-9-24-21(15)27-17/h6-7,12,14,19,25H,1-5,8-11,13H2,(H,24,27)(H,26,28)(H,29,30)/t19-/m0/s1. The minimum Gasteiger partial charge on any atom is -0.480 e. The maximum atomic E-state index is 11.5. The van der Waals surface area contributed by atoms with Crippen LogP contribution < -0.4 is 16.2 Å². The Bertz CT molecular complexity index is 934. The van der Waals surface area contributed by atoms with Crippen LogP contribution in [0.2, 0.25) is 0 Å². The number of carboxylic acids is 1. The number of aromatic nitrogens is 2. The number of hydrogen-bond donors (Lipinski definition) is 4. The van der Waals surface area contributed by atoms with E-state index in [9.17, 15) is 14.7 Å². The molecule has 0 aromatic carbocycles. The molecule has 3 heterocycles. The van der Waals surface area contributed by atoms with Crippen molar-refractivity contribution in [1.29, 1.82) is 0 Å². The third kappa shape index (κ3) is 7.45. The Balaban J connectivity index is 1.32. The number of rotatable bonds is 12. The fraction of sp³-hybridized carbons (Fsp3) is 0.500. The Hall–Kier alpha value is -2.23. The number of pyridine rings is 2. The number of anilines is 1. The summed E-state index contributed by atoms with van der Waals surface area (Å²) in [5, 5.41) is 15.8. The topological polar surface area (TPSA) is 116 Å². The van der Waals surface area contributed by atoms with E-state index in [1.807, 2.05) is 0 Å². The number of nitrogens with zero attached hydrogens (tertiary/aromatic N) is 1. The van der Waals surface area contributed by atoms with Gasteiger partial charge in [-0.1, -0.05) is 6.07 Å². The minimum absolute atomic E-state index is 0.225. The van der Waals surface area contributed by atoms with Crippen molar-refractivity contribution in [1.82, 2.24) is 15.3 Å². The van der Waals surface area contributed by atoms with Crippen LogP contribution in [-0.4, -0.2) is 46.8 Å². The third-order valence-corrected chi connectivity index (χ3v) is 6.00. The molecule has 2 aromatic heterocycles. The molecule has 0 fully saturated rings. The summed E-state index contributed by atoms with van der Waals surface area (Å²) in [6.45, 7) is 2.23. The number of fused-ring (bicyclic) bond motifs is 1. The fourth-order valence-electron chi connectivity index (χ4n) is 3.50. The number of aliphatic carboxylic acids is 1. The Morgan fingerprint density at radius 3 is 3.03 bits per heavy atom. The minimum atomic E-state index is -0.934. The van der Waals surface area contributed by atoms with E-state index >= 15 is 0 Å². The summed E-state index contributed by atoms with van der Waals surface area (Å²) in [4.78, 5) is 30.2.